The molecule has 0 aliphatic heterocycles. The Bertz CT molecular complexity index is 1500. The molecule has 0 fully saturated rings. The molecule has 0 aliphatic rings. The number of carbonyl (C=O) groups excluding carboxylic acids is 1. The molecule has 1 amide bonds. The van der Waals surface area contributed by atoms with E-state index in [1.807, 2.05) is 21.1 Å². The van der Waals surface area contributed by atoms with Crippen molar-refractivity contribution in [2.24, 2.45) is 0 Å². The minimum atomic E-state index is -4.33. The molecule has 0 heterocycles. The molecule has 9 heteroatoms. The molecule has 0 spiro atoms. The minimum absolute atomic E-state index is 0.0731. The summed E-state index contributed by atoms with van der Waals surface area (Å²) in [5, 5.41) is 14.1. The zero-order valence-electron chi connectivity index (χ0n) is 49.8. The molecule has 0 aromatic rings. The summed E-state index contributed by atoms with van der Waals surface area (Å²) in [5.74, 6) is -0.145. The van der Waals surface area contributed by atoms with Crippen LogP contribution in [0, 0.1) is 0 Å². The summed E-state index contributed by atoms with van der Waals surface area (Å²) in [6.45, 7) is 4.79. The van der Waals surface area contributed by atoms with Gasteiger partial charge >= 0.3 is 7.82 Å². The maximum atomic E-state index is 13.0. The molecular formula is C66H122N2O6P+. The van der Waals surface area contributed by atoms with E-state index in [1.165, 1.54) is 167 Å². The number of allylic oxidation sites excluding steroid dienone is 14. The second-order valence-corrected chi connectivity index (χ2v) is 23.9. The van der Waals surface area contributed by atoms with Gasteiger partial charge in [0.1, 0.15) is 13.2 Å². The van der Waals surface area contributed by atoms with E-state index in [0.717, 1.165) is 83.5 Å². The van der Waals surface area contributed by atoms with E-state index in [2.05, 4.69) is 104 Å². The molecule has 436 valence electrons. The Morgan fingerprint density at radius 3 is 1.17 bits per heavy atom. The number of amides is 1. The van der Waals surface area contributed by atoms with Crippen molar-refractivity contribution in [2.75, 3.05) is 40.9 Å². The van der Waals surface area contributed by atoms with Gasteiger partial charge in [0.25, 0.3) is 0 Å². The number of quaternary nitrogens is 1. The lowest BCUT2D eigenvalue weighted by molar-refractivity contribution is -0.870. The van der Waals surface area contributed by atoms with Crippen LogP contribution in [-0.4, -0.2) is 73.4 Å². The van der Waals surface area contributed by atoms with Crippen molar-refractivity contribution < 1.29 is 32.9 Å². The van der Waals surface area contributed by atoms with E-state index in [9.17, 15) is 19.4 Å². The average Bonchev–Trinajstić information content (AvgIpc) is 3.37. The zero-order valence-corrected chi connectivity index (χ0v) is 50.7. The van der Waals surface area contributed by atoms with Gasteiger partial charge in [0, 0.05) is 6.42 Å². The molecule has 3 unspecified atom stereocenters. The molecular weight excluding hydrogens is 948 g/mol. The maximum Gasteiger partial charge on any atom is 0.472 e. The fourth-order valence-corrected chi connectivity index (χ4v) is 9.76. The fraction of sp³-hybridized carbons (Fsp3) is 0.773. The highest BCUT2D eigenvalue weighted by molar-refractivity contribution is 7.47. The summed E-state index contributed by atoms with van der Waals surface area (Å²) in [5.41, 5.74) is 0. The third kappa shape index (κ3) is 59.2. The number of nitrogens with zero attached hydrogens (tertiary/aromatic N) is 1. The lowest BCUT2D eigenvalue weighted by atomic mass is 10.0. The van der Waals surface area contributed by atoms with Crippen LogP contribution in [0.25, 0.3) is 0 Å². The maximum absolute atomic E-state index is 13.0. The van der Waals surface area contributed by atoms with Crippen LogP contribution in [0.1, 0.15) is 277 Å². The van der Waals surface area contributed by atoms with Crippen molar-refractivity contribution in [1.29, 1.82) is 0 Å². The molecule has 0 aromatic carbocycles. The lowest BCUT2D eigenvalue weighted by Gasteiger charge is -2.26. The number of aliphatic hydroxyl groups is 1. The molecule has 75 heavy (non-hydrogen) atoms. The van der Waals surface area contributed by atoms with Gasteiger partial charge in [-0.05, 0) is 70.6 Å². The number of unbranched alkanes of at least 4 members (excludes halogenated alkanes) is 30. The average molecular weight is 1070 g/mol. The first-order valence-corrected chi connectivity index (χ1v) is 32.9. The largest absolute Gasteiger partial charge is 0.472 e. The molecule has 0 saturated carbocycles. The smallest absolute Gasteiger partial charge is 0.391 e. The van der Waals surface area contributed by atoms with Gasteiger partial charge in [0.05, 0.1) is 39.9 Å². The molecule has 0 rings (SSSR count). The highest BCUT2D eigenvalue weighted by Crippen LogP contribution is 2.43. The van der Waals surface area contributed by atoms with Gasteiger partial charge < -0.3 is 19.8 Å². The first-order chi connectivity index (χ1) is 36.5. The van der Waals surface area contributed by atoms with Crippen LogP contribution in [0.2, 0.25) is 0 Å². The van der Waals surface area contributed by atoms with Crippen molar-refractivity contribution in [3.05, 3.63) is 85.1 Å². The summed E-state index contributed by atoms with van der Waals surface area (Å²) >= 11 is 0. The van der Waals surface area contributed by atoms with Crippen LogP contribution in [0.3, 0.4) is 0 Å². The van der Waals surface area contributed by atoms with Gasteiger partial charge in [-0.25, -0.2) is 4.57 Å². The summed E-state index contributed by atoms with van der Waals surface area (Å²) in [6.07, 6.45) is 79.4. The van der Waals surface area contributed by atoms with Gasteiger partial charge in [-0.3, -0.25) is 13.8 Å². The molecule has 3 N–H and O–H groups in total. The number of phosphoric acid groups is 1. The number of aliphatic hydroxyl groups excluding tert-OH is 1. The Morgan fingerprint density at radius 1 is 0.467 bits per heavy atom. The lowest BCUT2D eigenvalue weighted by Crippen LogP contribution is -2.46. The van der Waals surface area contributed by atoms with E-state index < -0.39 is 20.0 Å². The number of carbonyl (C=O) groups is 1. The summed E-state index contributed by atoms with van der Waals surface area (Å²) in [4.78, 5) is 23.4. The van der Waals surface area contributed by atoms with Gasteiger partial charge in [-0.1, -0.05) is 285 Å². The second-order valence-electron chi connectivity index (χ2n) is 22.4. The fourth-order valence-electron chi connectivity index (χ4n) is 9.03. The van der Waals surface area contributed by atoms with Crippen molar-refractivity contribution in [1.82, 2.24) is 5.32 Å². The Labute approximate surface area is 465 Å². The number of phosphoric ester groups is 1. The van der Waals surface area contributed by atoms with Crippen LogP contribution < -0.4 is 5.32 Å². The SMILES string of the molecule is CC/C=C\C/C=C\C/C=C\C/C=C\C/C=C\C/C=C\C/C=C\CCCCCCCCCCCCCCCCCC(=O)NC(COP(=O)(O)OCC[N+](C)(C)C)C(O)CCCCCCCCCCCCCCCCCC. The van der Waals surface area contributed by atoms with E-state index in [0.29, 0.717) is 23.9 Å². The highest BCUT2D eigenvalue weighted by atomic mass is 31.2. The van der Waals surface area contributed by atoms with Crippen LogP contribution in [0.4, 0.5) is 0 Å². The molecule has 8 nitrogen and oxygen atoms in total. The predicted octanol–water partition coefficient (Wildman–Crippen LogP) is 19.6. The van der Waals surface area contributed by atoms with E-state index in [-0.39, 0.29) is 19.1 Å². The van der Waals surface area contributed by atoms with Gasteiger partial charge in [-0.15, -0.1) is 0 Å². The van der Waals surface area contributed by atoms with Crippen LogP contribution in [0.15, 0.2) is 85.1 Å². The molecule has 3 atom stereocenters. The monoisotopic (exact) mass is 1070 g/mol. The van der Waals surface area contributed by atoms with Crippen molar-refractivity contribution >= 4 is 13.7 Å². The van der Waals surface area contributed by atoms with E-state index in [4.69, 9.17) is 9.05 Å². The summed E-state index contributed by atoms with van der Waals surface area (Å²) < 4.78 is 23.8. The van der Waals surface area contributed by atoms with Gasteiger partial charge in [0.15, 0.2) is 0 Å². The minimum Gasteiger partial charge on any atom is -0.391 e. The Hall–Kier alpha value is -2.32. The van der Waals surface area contributed by atoms with Crippen molar-refractivity contribution in [3.63, 3.8) is 0 Å². The van der Waals surface area contributed by atoms with Crippen LogP contribution in [0.5, 0.6) is 0 Å². The molecule has 0 aromatic heterocycles. The zero-order chi connectivity index (χ0) is 54.9. The molecule has 0 bridgehead atoms. The standard InChI is InChI=1S/C66H121N2O6P/c1-6-8-10-12-14-16-18-20-22-24-25-26-27-28-29-30-31-32-33-34-35-36-37-38-39-40-41-42-43-44-46-48-50-52-54-56-58-60-66(70)67-64(63-74-75(71,72)73-62-61-68(3,4)5)65(69)59-57-55-53-51-49-47-45-23-21-19-17-15-13-11-9-7-2/h8,10,14,16,20,22,25-26,28-29,31-32,34-35,64-65,69H,6-7,9,11-13,15,17-19,21,23-24,27,30,33,36-63H2,1-5H3,(H-,67,70,71,72)/p+1/b10-8-,16-14-,22-20-,26-25-,29-28-,32-31-,35-34-. The van der Waals surface area contributed by atoms with Crippen LogP contribution >= 0.6 is 7.82 Å². The van der Waals surface area contributed by atoms with Crippen molar-refractivity contribution in [3.8, 4) is 0 Å². The molecule has 0 saturated heterocycles. The van der Waals surface area contributed by atoms with Gasteiger partial charge in [0.2, 0.25) is 5.91 Å². The Balaban J connectivity index is 4.02. The third-order valence-corrected chi connectivity index (χ3v) is 14.9. The summed E-state index contributed by atoms with van der Waals surface area (Å²) in [7, 11) is 1.62. The van der Waals surface area contributed by atoms with Crippen LogP contribution in [-0.2, 0) is 18.4 Å². The highest BCUT2D eigenvalue weighted by Gasteiger charge is 2.28. The van der Waals surface area contributed by atoms with Crippen molar-refractivity contribution in [2.45, 2.75) is 289 Å². The second kappa shape index (κ2) is 56.4. The molecule has 0 radical (unpaired) electrons. The number of likely N-dealkylation sites (N-methyl/N-ethyl adjacent to an activating group) is 1. The quantitative estimate of drug-likeness (QED) is 0.0243. The first kappa shape index (κ1) is 72.7. The Kier molecular flexibility index (Phi) is 54.7. The third-order valence-electron chi connectivity index (χ3n) is 13.9. The van der Waals surface area contributed by atoms with E-state index >= 15 is 0 Å². The normalized spacial score (nSPS) is 14.4. The first-order valence-electron chi connectivity index (χ1n) is 31.5. The topological polar surface area (TPSA) is 105 Å². The molecule has 0 aliphatic carbocycles. The summed E-state index contributed by atoms with van der Waals surface area (Å²) in [6, 6.07) is -0.764. The number of rotatable bonds is 57. The predicted molar refractivity (Wildman–Crippen MR) is 327 cm³/mol. The van der Waals surface area contributed by atoms with Gasteiger partial charge in [-0.2, -0.15) is 0 Å². The van der Waals surface area contributed by atoms with E-state index in [1.54, 1.807) is 0 Å². The number of nitrogens with one attached hydrogen (secondary N) is 1. The number of hydrogen-bond acceptors (Lipinski definition) is 5. The number of hydrogen-bond donors (Lipinski definition) is 3. The Morgan fingerprint density at radius 2 is 0.800 bits per heavy atom.